The van der Waals surface area contributed by atoms with Gasteiger partial charge in [-0.3, -0.25) is 0 Å². The highest BCUT2D eigenvalue weighted by molar-refractivity contribution is 5.82. The Balaban J connectivity index is 1.59. The van der Waals surface area contributed by atoms with Crippen molar-refractivity contribution in [2.24, 2.45) is 5.92 Å². The van der Waals surface area contributed by atoms with E-state index in [4.69, 9.17) is 24.1 Å². The number of hydrogen-bond donors (Lipinski definition) is 1. The summed E-state index contributed by atoms with van der Waals surface area (Å²) in [7, 11) is 1.65. The Morgan fingerprint density at radius 3 is 2.30 bits per heavy atom. The number of methoxy groups -OCH3 is 1. The van der Waals surface area contributed by atoms with Gasteiger partial charge in [-0.2, -0.15) is 0 Å². The molecule has 3 rings (SSSR count). The van der Waals surface area contributed by atoms with Gasteiger partial charge < -0.3 is 24.1 Å². The van der Waals surface area contributed by atoms with Crippen molar-refractivity contribution in [3.8, 4) is 0 Å². The Kier molecular flexibility index (Phi) is 8.10. The Morgan fingerprint density at radius 1 is 1.09 bits per heavy atom. The Bertz CT molecular complexity index is 873. The minimum absolute atomic E-state index is 0.00928. The third-order valence-electron chi connectivity index (χ3n) is 6.53. The first kappa shape index (κ1) is 25.1. The molecule has 3 fully saturated rings. The lowest BCUT2D eigenvalue weighted by atomic mass is 9.68. The number of allylic oxidation sites excluding steroid dienone is 7. The highest BCUT2D eigenvalue weighted by Gasteiger charge is 2.72. The van der Waals surface area contributed by atoms with Crippen LogP contribution in [0.1, 0.15) is 40.0 Å². The van der Waals surface area contributed by atoms with Crippen molar-refractivity contribution in [1.29, 1.82) is 0 Å². The van der Waals surface area contributed by atoms with Gasteiger partial charge in [0, 0.05) is 19.3 Å². The number of epoxide rings is 2. The molecular weight excluding hydrogens is 424 g/mol. The van der Waals surface area contributed by atoms with E-state index in [-0.39, 0.29) is 35.4 Å². The second kappa shape index (κ2) is 10.6. The molecule has 1 aliphatic carbocycles. The van der Waals surface area contributed by atoms with Crippen LogP contribution < -0.4 is 0 Å². The lowest BCUT2D eigenvalue weighted by Crippen LogP contribution is -2.55. The van der Waals surface area contributed by atoms with Crippen LogP contribution in [-0.2, 0) is 28.5 Å². The molecule has 2 aliphatic heterocycles. The molecule has 0 bridgehead atoms. The minimum atomic E-state index is -1.00. The topological polar surface area (TPSA) is 97.9 Å². The molecule has 7 heteroatoms. The maximum Gasteiger partial charge on any atom is 0.331 e. The van der Waals surface area contributed by atoms with Gasteiger partial charge >= 0.3 is 11.9 Å². The molecular formula is C26H34O7. The Hall–Kier alpha value is -2.48. The van der Waals surface area contributed by atoms with Gasteiger partial charge in [-0.25, -0.2) is 9.59 Å². The zero-order valence-corrected chi connectivity index (χ0v) is 19.7. The van der Waals surface area contributed by atoms with Crippen LogP contribution in [0.15, 0.2) is 60.3 Å². The number of carboxylic acid groups (broad SMARTS) is 1. The smallest absolute Gasteiger partial charge is 0.331 e. The van der Waals surface area contributed by atoms with Crippen molar-refractivity contribution in [3.63, 3.8) is 0 Å². The number of carbonyl (C=O) groups is 2. The molecule has 0 unspecified atom stereocenters. The van der Waals surface area contributed by atoms with Crippen LogP contribution in [0.4, 0.5) is 0 Å². The summed E-state index contributed by atoms with van der Waals surface area (Å²) in [5.74, 6) is -1.45. The first-order valence-electron chi connectivity index (χ1n) is 11.3. The fourth-order valence-electron chi connectivity index (χ4n) is 4.79. The monoisotopic (exact) mass is 458 g/mol. The Labute approximate surface area is 195 Å². The molecule has 0 aromatic rings. The van der Waals surface area contributed by atoms with Crippen molar-refractivity contribution < 1.29 is 33.6 Å². The first-order valence-corrected chi connectivity index (χ1v) is 11.3. The highest BCUT2D eigenvalue weighted by Crippen LogP contribution is 2.59. The SMILES string of the molecule is CO[C@@H]1[C@@H]([C@]2(C)O[C@H]2CC=C(C)C)[C@@]2(CC[C@H]1OC(=O)/C=C/C=C/C=C/C=C/C(=O)O)CO2. The molecule has 180 valence electrons. The van der Waals surface area contributed by atoms with Crippen LogP contribution in [0.5, 0.6) is 0 Å². The molecule has 0 amide bonds. The van der Waals surface area contributed by atoms with Gasteiger partial charge in [0.1, 0.15) is 23.4 Å². The van der Waals surface area contributed by atoms with E-state index in [2.05, 4.69) is 26.8 Å². The van der Waals surface area contributed by atoms with E-state index < -0.39 is 11.9 Å². The molecule has 3 aliphatic rings. The van der Waals surface area contributed by atoms with Crippen molar-refractivity contribution in [2.75, 3.05) is 13.7 Å². The molecule has 1 N–H and O–H groups in total. The Morgan fingerprint density at radius 2 is 1.73 bits per heavy atom. The van der Waals surface area contributed by atoms with Gasteiger partial charge in [0.2, 0.25) is 0 Å². The number of aliphatic carboxylic acids is 1. The number of rotatable bonds is 10. The predicted molar refractivity (Wildman–Crippen MR) is 124 cm³/mol. The molecule has 0 aromatic carbocycles. The number of carboxylic acids is 1. The van der Waals surface area contributed by atoms with Crippen molar-refractivity contribution in [2.45, 2.75) is 69.5 Å². The van der Waals surface area contributed by atoms with Crippen LogP contribution >= 0.6 is 0 Å². The van der Waals surface area contributed by atoms with Gasteiger partial charge in [-0.1, -0.05) is 48.1 Å². The molecule has 2 heterocycles. The number of carbonyl (C=O) groups excluding carboxylic acids is 1. The summed E-state index contributed by atoms with van der Waals surface area (Å²) in [4.78, 5) is 22.8. The van der Waals surface area contributed by atoms with Crippen molar-refractivity contribution in [1.82, 2.24) is 0 Å². The average Bonchev–Trinajstić information content (AvgIpc) is 3.67. The van der Waals surface area contributed by atoms with E-state index >= 15 is 0 Å². The van der Waals surface area contributed by atoms with Crippen molar-refractivity contribution in [3.05, 3.63) is 60.3 Å². The molecule has 33 heavy (non-hydrogen) atoms. The summed E-state index contributed by atoms with van der Waals surface area (Å²) >= 11 is 0. The normalized spacial score (nSPS) is 35.6. The maximum atomic E-state index is 12.4. The third kappa shape index (κ3) is 6.31. The summed E-state index contributed by atoms with van der Waals surface area (Å²) in [5, 5.41) is 8.51. The van der Waals surface area contributed by atoms with E-state index in [1.54, 1.807) is 37.5 Å². The number of esters is 1. The molecule has 0 radical (unpaired) electrons. The third-order valence-corrected chi connectivity index (χ3v) is 6.53. The largest absolute Gasteiger partial charge is 0.478 e. The van der Waals surface area contributed by atoms with E-state index in [1.165, 1.54) is 17.7 Å². The predicted octanol–water partition coefficient (Wildman–Crippen LogP) is 3.92. The van der Waals surface area contributed by atoms with E-state index in [0.29, 0.717) is 13.0 Å². The van der Waals surface area contributed by atoms with Crippen LogP contribution in [0, 0.1) is 5.92 Å². The van der Waals surface area contributed by atoms with Gasteiger partial charge in [0.05, 0.1) is 18.6 Å². The molecule has 1 saturated carbocycles. The number of hydrogen-bond acceptors (Lipinski definition) is 6. The fraction of sp³-hybridized carbons (Fsp3) is 0.538. The molecule has 1 spiro atoms. The highest BCUT2D eigenvalue weighted by atomic mass is 16.6. The van der Waals surface area contributed by atoms with Crippen molar-refractivity contribution >= 4 is 11.9 Å². The maximum absolute atomic E-state index is 12.4. The summed E-state index contributed by atoms with van der Waals surface area (Å²) in [5.41, 5.74) is 0.642. The van der Waals surface area contributed by atoms with E-state index in [1.807, 2.05) is 0 Å². The average molecular weight is 459 g/mol. The molecule has 7 nitrogen and oxygen atoms in total. The second-order valence-electron chi connectivity index (χ2n) is 9.18. The van der Waals surface area contributed by atoms with Gasteiger partial charge in [0.15, 0.2) is 0 Å². The lowest BCUT2D eigenvalue weighted by molar-refractivity contribution is -0.166. The van der Waals surface area contributed by atoms with E-state index in [0.717, 1.165) is 18.9 Å². The van der Waals surface area contributed by atoms with E-state index in [9.17, 15) is 9.59 Å². The number of ether oxygens (including phenoxy) is 4. The fourth-order valence-corrected chi connectivity index (χ4v) is 4.79. The lowest BCUT2D eigenvalue weighted by Gasteiger charge is -2.42. The van der Waals surface area contributed by atoms with Gasteiger partial charge in [-0.05, 0) is 40.0 Å². The zero-order chi connectivity index (χ0) is 24.1. The zero-order valence-electron chi connectivity index (χ0n) is 19.7. The second-order valence-corrected chi connectivity index (χ2v) is 9.18. The first-order chi connectivity index (χ1) is 15.7. The standard InChI is InChI=1S/C26H34O7/c1-18(2)13-14-20-25(3,33-20)24-23(30-4)19(15-16-26(24)17-31-26)32-22(29)12-10-8-6-5-7-9-11-21(27)28/h5-13,19-20,23-24H,14-17H2,1-4H3,(H,27,28)/b7-5+,8-6+,11-9+,12-10+/t19-,20+,23+,24+,25-,26-/m1/s1. The quantitative estimate of drug-likeness (QED) is 0.174. The minimum Gasteiger partial charge on any atom is -0.478 e. The molecule has 6 atom stereocenters. The summed E-state index contributed by atoms with van der Waals surface area (Å²) < 4.78 is 23.8. The van der Waals surface area contributed by atoms with Gasteiger partial charge in [-0.15, -0.1) is 0 Å². The van der Waals surface area contributed by atoms with Crippen LogP contribution in [0.2, 0.25) is 0 Å². The molecule has 0 aromatic heterocycles. The summed E-state index contributed by atoms with van der Waals surface area (Å²) in [6.07, 6.45) is 16.0. The van der Waals surface area contributed by atoms with Crippen LogP contribution in [0.3, 0.4) is 0 Å². The van der Waals surface area contributed by atoms with Gasteiger partial charge in [0.25, 0.3) is 0 Å². The van der Waals surface area contributed by atoms with Crippen LogP contribution in [0.25, 0.3) is 0 Å². The summed E-state index contributed by atoms with van der Waals surface area (Å²) in [6, 6.07) is 0. The molecule has 2 saturated heterocycles. The summed E-state index contributed by atoms with van der Waals surface area (Å²) in [6.45, 7) is 6.96. The van der Waals surface area contributed by atoms with Crippen LogP contribution in [-0.4, -0.2) is 60.3 Å².